The lowest BCUT2D eigenvalue weighted by Crippen LogP contribution is -2.37. The molecule has 13 nitrogen and oxygen atoms in total. The number of fused-ring (bicyclic) bond motifs is 2. The molecule has 0 radical (unpaired) electrons. The van der Waals surface area contributed by atoms with E-state index < -0.39 is 53.1 Å². The van der Waals surface area contributed by atoms with Gasteiger partial charge in [0.15, 0.2) is 23.5 Å². The van der Waals surface area contributed by atoms with Crippen LogP contribution in [0.3, 0.4) is 0 Å². The zero-order chi connectivity index (χ0) is 24.1. The third-order valence-corrected chi connectivity index (χ3v) is 6.31. The number of imidazole rings is 1. The third kappa shape index (κ3) is 4.21. The van der Waals surface area contributed by atoms with E-state index >= 15 is 0 Å². The monoisotopic (exact) mass is 490 g/mol. The average molecular weight is 490 g/mol. The van der Waals surface area contributed by atoms with Crippen LogP contribution in [0.4, 0.5) is 5.82 Å². The summed E-state index contributed by atoms with van der Waals surface area (Å²) in [6, 6.07) is 7.91. The second-order valence-electron chi connectivity index (χ2n) is 8.25. The highest BCUT2D eigenvalue weighted by Crippen LogP contribution is 2.44. The number of nitrogens with one attached hydrogen (secondary N) is 1. The molecule has 180 valence electrons. The Morgan fingerprint density at radius 3 is 2.68 bits per heavy atom. The van der Waals surface area contributed by atoms with Crippen LogP contribution in [-0.4, -0.2) is 64.5 Å². The first-order valence-electron chi connectivity index (χ1n) is 10.3. The number of nitrogens with two attached hydrogens (primary N) is 1. The molecule has 3 N–H and O–H groups in total. The van der Waals surface area contributed by atoms with Crippen molar-refractivity contribution in [2.45, 2.75) is 44.2 Å². The zero-order valence-corrected chi connectivity index (χ0v) is 19.0. The van der Waals surface area contributed by atoms with E-state index in [9.17, 15) is 13.2 Å². The lowest BCUT2D eigenvalue weighted by atomic mass is 10.1. The fraction of sp³-hybridized carbons (Fsp3) is 0.400. The molecule has 3 aromatic rings. The first-order valence-corrected chi connectivity index (χ1v) is 11.7. The molecular formula is C20H22N6O7S. The van der Waals surface area contributed by atoms with E-state index in [2.05, 4.69) is 15.0 Å². The summed E-state index contributed by atoms with van der Waals surface area (Å²) >= 11 is 0. The highest BCUT2D eigenvalue weighted by atomic mass is 32.2. The Morgan fingerprint density at radius 1 is 1.18 bits per heavy atom. The molecule has 0 unspecified atom stereocenters. The van der Waals surface area contributed by atoms with E-state index in [1.807, 2.05) is 4.72 Å². The molecule has 2 aliphatic heterocycles. The minimum Gasteiger partial charge on any atom is -0.382 e. The average Bonchev–Trinajstić information content (AvgIpc) is 3.44. The number of amides is 1. The van der Waals surface area contributed by atoms with E-state index in [1.165, 1.54) is 24.8 Å². The van der Waals surface area contributed by atoms with Gasteiger partial charge in [-0.2, -0.15) is 8.42 Å². The molecule has 2 fully saturated rings. The van der Waals surface area contributed by atoms with E-state index in [-0.39, 0.29) is 11.4 Å². The van der Waals surface area contributed by atoms with Crippen LogP contribution in [0.5, 0.6) is 0 Å². The van der Waals surface area contributed by atoms with Crippen molar-refractivity contribution in [1.29, 1.82) is 0 Å². The predicted octanol–water partition coefficient (Wildman–Crippen LogP) is 0.517. The third-order valence-electron chi connectivity index (χ3n) is 5.43. The van der Waals surface area contributed by atoms with E-state index in [0.717, 1.165) is 0 Å². The highest BCUT2D eigenvalue weighted by molar-refractivity contribution is 7.85. The fourth-order valence-corrected chi connectivity index (χ4v) is 4.74. The summed E-state index contributed by atoms with van der Waals surface area (Å²) in [7, 11) is -4.42. The van der Waals surface area contributed by atoms with Crippen molar-refractivity contribution in [2.24, 2.45) is 0 Å². The van der Waals surface area contributed by atoms with Gasteiger partial charge in [0, 0.05) is 5.56 Å². The summed E-state index contributed by atoms with van der Waals surface area (Å²) in [5, 5.41) is 0. The normalized spacial score (nSPS) is 25.9. The summed E-state index contributed by atoms with van der Waals surface area (Å²) in [5.74, 6) is -1.55. The molecule has 0 saturated carbocycles. The second-order valence-corrected chi connectivity index (χ2v) is 9.60. The molecule has 4 heterocycles. The number of carbonyl (C=O) groups is 1. The van der Waals surface area contributed by atoms with Crippen LogP contribution >= 0.6 is 0 Å². The molecule has 1 aromatic carbocycles. The Morgan fingerprint density at radius 2 is 1.91 bits per heavy atom. The van der Waals surface area contributed by atoms with Gasteiger partial charge in [0.25, 0.3) is 5.91 Å². The summed E-state index contributed by atoms with van der Waals surface area (Å²) in [6.07, 6.45) is -0.0546. The Bertz CT molecular complexity index is 1330. The number of hydrogen-bond acceptors (Lipinski definition) is 11. The molecule has 0 aliphatic carbocycles. The van der Waals surface area contributed by atoms with Crippen LogP contribution in [0, 0.1) is 0 Å². The van der Waals surface area contributed by atoms with Crippen molar-refractivity contribution in [3.05, 3.63) is 48.5 Å². The van der Waals surface area contributed by atoms with Gasteiger partial charge in [0.2, 0.25) is 0 Å². The number of ether oxygens (including phenoxy) is 3. The number of anilines is 1. The maximum atomic E-state index is 12.4. The number of hydrogen-bond donors (Lipinski definition) is 2. The molecule has 0 spiro atoms. The number of aromatic nitrogens is 4. The van der Waals surface area contributed by atoms with Gasteiger partial charge >= 0.3 is 10.3 Å². The smallest absolute Gasteiger partial charge is 0.362 e. The largest absolute Gasteiger partial charge is 0.382 e. The van der Waals surface area contributed by atoms with Gasteiger partial charge in [-0.15, -0.1) is 0 Å². The van der Waals surface area contributed by atoms with Gasteiger partial charge in [-0.1, -0.05) is 18.2 Å². The summed E-state index contributed by atoms with van der Waals surface area (Å²) < 4.78 is 51.4. The first kappa shape index (κ1) is 22.6. The molecule has 5 rings (SSSR count). The molecule has 2 aliphatic rings. The lowest BCUT2D eigenvalue weighted by Gasteiger charge is -2.24. The SMILES string of the molecule is CC1(C)O[C@@H]2[C@H](O1)[C@@H](COS(=O)(=O)NC(=O)c1ccccc1)O[C@H]2n1cnc2c(N)ncnc21. The first-order chi connectivity index (χ1) is 16.1. The summed E-state index contributed by atoms with van der Waals surface area (Å²) in [4.78, 5) is 24.6. The molecule has 2 saturated heterocycles. The molecule has 4 atom stereocenters. The molecule has 34 heavy (non-hydrogen) atoms. The van der Waals surface area contributed by atoms with Gasteiger partial charge in [-0.05, 0) is 26.0 Å². The fourth-order valence-electron chi connectivity index (χ4n) is 4.02. The molecule has 0 bridgehead atoms. The number of nitrogen functional groups attached to an aromatic ring is 1. The van der Waals surface area contributed by atoms with Crippen molar-refractivity contribution in [3.63, 3.8) is 0 Å². The summed E-state index contributed by atoms with van der Waals surface area (Å²) in [5.41, 5.74) is 6.87. The van der Waals surface area contributed by atoms with Gasteiger partial charge in [-0.3, -0.25) is 13.5 Å². The second kappa shape index (κ2) is 8.25. The van der Waals surface area contributed by atoms with Gasteiger partial charge in [0.05, 0.1) is 12.9 Å². The van der Waals surface area contributed by atoms with Crippen molar-refractivity contribution < 1.29 is 31.6 Å². The van der Waals surface area contributed by atoms with Crippen LogP contribution in [0.15, 0.2) is 43.0 Å². The zero-order valence-electron chi connectivity index (χ0n) is 18.2. The quantitative estimate of drug-likeness (QED) is 0.494. The number of rotatable bonds is 6. The van der Waals surface area contributed by atoms with E-state index in [1.54, 1.807) is 36.6 Å². The number of carbonyl (C=O) groups excluding carboxylic acids is 1. The standard InChI is InChI=1S/C20H22N6O7S/c1-20(2)32-14-12(8-30-34(28,29)25-18(27)11-6-4-3-5-7-11)31-19(15(14)33-20)26-10-24-13-16(21)22-9-23-17(13)26/h3-7,9-10,12,14-15,19H,8H2,1-2H3,(H,25,27)(H2,21,22,23)/t12-,14-,15-,19-/m1/s1. The Labute approximate surface area is 194 Å². The molecule has 14 heteroatoms. The minimum atomic E-state index is -4.42. The molecule has 2 aromatic heterocycles. The minimum absolute atomic E-state index is 0.175. The highest BCUT2D eigenvalue weighted by Gasteiger charge is 2.56. The Hall–Kier alpha value is -3.17. The molecule has 1 amide bonds. The molecular weight excluding hydrogens is 468 g/mol. The number of benzene rings is 1. The van der Waals surface area contributed by atoms with Gasteiger partial charge < -0.3 is 19.9 Å². The van der Waals surface area contributed by atoms with E-state index in [4.69, 9.17) is 24.1 Å². The van der Waals surface area contributed by atoms with Crippen molar-refractivity contribution in [3.8, 4) is 0 Å². The Kier molecular flexibility index (Phi) is 5.49. The van der Waals surface area contributed by atoms with Crippen LogP contribution < -0.4 is 10.5 Å². The maximum Gasteiger partial charge on any atom is 0.362 e. The maximum absolute atomic E-state index is 12.4. The Balaban J connectivity index is 1.34. The van der Waals surface area contributed by atoms with Crippen LogP contribution in [-0.2, 0) is 28.7 Å². The van der Waals surface area contributed by atoms with Crippen molar-refractivity contribution >= 4 is 33.2 Å². The van der Waals surface area contributed by atoms with Crippen LogP contribution in [0.2, 0.25) is 0 Å². The van der Waals surface area contributed by atoms with Gasteiger partial charge in [-0.25, -0.2) is 19.7 Å². The number of nitrogens with zero attached hydrogens (tertiary/aromatic N) is 4. The van der Waals surface area contributed by atoms with Crippen molar-refractivity contribution in [1.82, 2.24) is 24.2 Å². The van der Waals surface area contributed by atoms with Crippen molar-refractivity contribution in [2.75, 3.05) is 12.3 Å². The topological polar surface area (TPSA) is 170 Å². The van der Waals surface area contributed by atoms with Gasteiger partial charge in [0.1, 0.15) is 30.2 Å². The van der Waals surface area contributed by atoms with E-state index in [0.29, 0.717) is 11.2 Å². The summed E-state index contributed by atoms with van der Waals surface area (Å²) in [6.45, 7) is 3.06. The lowest BCUT2D eigenvalue weighted by molar-refractivity contribution is -0.198. The van der Waals surface area contributed by atoms with Crippen LogP contribution in [0.1, 0.15) is 30.4 Å². The van der Waals surface area contributed by atoms with Crippen LogP contribution in [0.25, 0.3) is 11.2 Å². The predicted molar refractivity (Wildman–Crippen MR) is 116 cm³/mol.